The Labute approximate surface area is 160 Å². The first-order valence-electron chi connectivity index (χ1n) is 9.66. The molecule has 0 radical (unpaired) electrons. The van der Waals surface area contributed by atoms with Crippen molar-refractivity contribution < 1.29 is 9.59 Å². The maximum absolute atomic E-state index is 12.8. The van der Waals surface area contributed by atoms with Crippen LogP contribution in [-0.2, 0) is 6.54 Å². The molecule has 0 N–H and O–H groups in total. The largest absolute Gasteiger partial charge is 0.338 e. The van der Waals surface area contributed by atoms with Crippen molar-refractivity contribution in [3.63, 3.8) is 0 Å². The first-order valence-corrected chi connectivity index (χ1v) is 9.66. The van der Waals surface area contributed by atoms with E-state index in [1.165, 1.54) is 0 Å². The summed E-state index contributed by atoms with van der Waals surface area (Å²) in [5, 5.41) is 0. The summed E-state index contributed by atoms with van der Waals surface area (Å²) >= 11 is 0. The average molecular weight is 363 g/mol. The van der Waals surface area contributed by atoms with Crippen molar-refractivity contribution in [2.75, 3.05) is 26.2 Å². The van der Waals surface area contributed by atoms with Gasteiger partial charge >= 0.3 is 6.03 Å². The van der Waals surface area contributed by atoms with Gasteiger partial charge in [-0.15, -0.1) is 0 Å². The maximum Gasteiger partial charge on any atom is 0.320 e. The molecule has 5 nitrogen and oxygen atoms in total. The molecular formula is C22H25N3O2. The van der Waals surface area contributed by atoms with Crippen LogP contribution < -0.4 is 0 Å². The Morgan fingerprint density at radius 2 is 1.48 bits per heavy atom. The van der Waals surface area contributed by atoms with E-state index in [1.54, 1.807) is 0 Å². The van der Waals surface area contributed by atoms with E-state index in [-0.39, 0.29) is 18.0 Å². The predicted molar refractivity (Wildman–Crippen MR) is 104 cm³/mol. The monoisotopic (exact) mass is 363 g/mol. The molecule has 5 heteroatoms. The van der Waals surface area contributed by atoms with Gasteiger partial charge in [0.05, 0.1) is 0 Å². The number of carbonyl (C=O) groups is 2. The topological polar surface area (TPSA) is 43.9 Å². The summed E-state index contributed by atoms with van der Waals surface area (Å²) in [6, 6.07) is 19.9. The van der Waals surface area contributed by atoms with Crippen LogP contribution in [0.1, 0.15) is 28.8 Å². The van der Waals surface area contributed by atoms with E-state index >= 15 is 0 Å². The molecule has 0 aromatic heterocycles. The molecule has 2 aromatic carbocycles. The lowest BCUT2D eigenvalue weighted by Gasteiger charge is -2.36. The summed E-state index contributed by atoms with van der Waals surface area (Å²) in [7, 11) is 0. The number of hydrogen-bond acceptors (Lipinski definition) is 2. The molecule has 27 heavy (non-hydrogen) atoms. The van der Waals surface area contributed by atoms with Crippen LogP contribution in [0, 0.1) is 0 Å². The maximum atomic E-state index is 12.8. The number of benzene rings is 2. The molecule has 0 spiro atoms. The summed E-state index contributed by atoms with van der Waals surface area (Å²) in [6.45, 7) is 3.64. The highest BCUT2D eigenvalue weighted by Gasteiger charge is 2.36. The highest BCUT2D eigenvalue weighted by Crippen LogP contribution is 2.23. The van der Waals surface area contributed by atoms with Gasteiger partial charge in [0.1, 0.15) is 0 Å². The van der Waals surface area contributed by atoms with E-state index < -0.39 is 0 Å². The Bertz CT molecular complexity index is 786. The molecule has 0 bridgehead atoms. The number of urea groups is 1. The van der Waals surface area contributed by atoms with E-state index in [4.69, 9.17) is 0 Å². The fourth-order valence-corrected chi connectivity index (χ4v) is 4.03. The standard InChI is InChI=1S/C22H25N3O2/c26-21(19-9-5-2-6-10-19)23-13-11-20(12-14-23)25-16-15-24(22(25)27)17-18-7-3-1-4-8-18/h1-10,20H,11-17H2. The molecule has 2 fully saturated rings. The van der Waals surface area contributed by atoms with Crippen molar-refractivity contribution in [1.29, 1.82) is 0 Å². The van der Waals surface area contributed by atoms with Crippen LogP contribution in [0.3, 0.4) is 0 Å². The third kappa shape index (κ3) is 3.82. The summed E-state index contributed by atoms with van der Waals surface area (Å²) in [5.74, 6) is 0.0903. The van der Waals surface area contributed by atoms with Crippen LogP contribution in [0.5, 0.6) is 0 Å². The summed E-state index contributed by atoms with van der Waals surface area (Å²) < 4.78 is 0. The summed E-state index contributed by atoms with van der Waals surface area (Å²) in [6.07, 6.45) is 1.70. The van der Waals surface area contributed by atoms with Gasteiger partial charge in [0.25, 0.3) is 5.91 Å². The predicted octanol–water partition coefficient (Wildman–Crippen LogP) is 3.23. The molecule has 2 aliphatic rings. The molecule has 0 atom stereocenters. The number of carbonyl (C=O) groups excluding carboxylic acids is 2. The van der Waals surface area contributed by atoms with Gasteiger partial charge in [0.15, 0.2) is 0 Å². The quantitative estimate of drug-likeness (QED) is 0.837. The van der Waals surface area contributed by atoms with Gasteiger partial charge in [-0.25, -0.2) is 4.79 Å². The summed E-state index contributed by atoms with van der Waals surface area (Å²) in [4.78, 5) is 31.2. The highest BCUT2D eigenvalue weighted by molar-refractivity contribution is 5.94. The first kappa shape index (κ1) is 17.6. The van der Waals surface area contributed by atoms with Gasteiger partial charge in [-0.05, 0) is 30.5 Å². The van der Waals surface area contributed by atoms with Gasteiger partial charge in [-0.2, -0.15) is 0 Å². The molecule has 2 saturated heterocycles. The Morgan fingerprint density at radius 3 is 2.15 bits per heavy atom. The molecule has 2 aliphatic heterocycles. The number of likely N-dealkylation sites (tertiary alicyclic amines) is 1. The van der Waals surface area contributed by atoms with E-state index in [0.29, 0.717) is 19.6 Å². The van der Waals surface area contributed by atoms with Crippen molar-refractivity contribution in [2.45, 2.75) is 25.4 Å². The van der Waals surface area contributed by atoms with E-state index in [2.05, 4.69) is 12.1 Å². The molecule has 2 heterocycles. The number of piperidine rings is 1. The van der Waals surface area contributed by atoms with Crippen LogP contribution >= 0.6 is 0 Å². The van der Waals surface area contributed by atoms with Gasteiger partial charge in [-0.1, -0.05) is 48.5 Å². The second-order valence-corrected chi connectivity index (χ2v) is 7.27. The number of amides is 3. The first-order chi connectivity index (χ1) is 13.2. The number of hydrogen-bond donors (Lipinski definition) is 0. The second-order valence-electron chi connectivity index (χ2n) is 7.27. The van der Waals surface area contributed by atoms with Crippen molar-refractivity contribution in [3.8, 4) is 0 Å². The minimum absolute atomic E-state index is 0.0903. The Morgan fingerprint density at radius 1 is 0.852 bits per heavy atom. The zero-order valence-corrected chi connectivity index (χ0v) is 15.5. The zero-order chi connectivity index (χ0) is 18.6. The lowest BCUT2D eigenvalue weighted by atomic mass is 10.0. The lowest BCUT2D eigenvalue weighted by molar-refractivity contribution is 0.0663. The molecule has 140 valence electrons. The smallest absolute Gasteiger partial charge is 0.320 e. The van der Waals surface area contributed by atoms with Gasteiger partial charge in [-0.3, -0.25) is 4.79 Å². The molecular weight excluding hydrogens is 338 g/mol. The molecule has 0 aliphatic carbocycles. The minimum atomic E-state index is 0.0903. The normalized spacial score (nSPS) is 18.2. The van der Waals surface area contributed by atoms with Crippen molar-refractivity contribution >= 4 is 11.9 Å². The van der Waals surface area contributed by atoms with Crippen LogP contribution in [0.4, 0.5) is 4.79 Å². The Hall–Kier alpha value is -2.82. The van der Waals surface area contributed by atoms with Crippen LogP contribution in [-0.4, -0.2) is 58.9 Å². The minimum Gasteiger partial charge on any atom is -0.338 e. The van der Waals surface area contributed by atoms with Gasteiger partial charge < -0.3 is 14.7 Å². The van der Waals surface area contributed by atoms with Crippen molar-refractivity contribution in [2.24, 2.45) is 0 Å². The molecule has 0 saturated carbocycles. The summed E-state index contributed by atoms with van der Waals surface area (Å²) in [5.41, 5.74) is 1.90. The third-order valence-corrected chi connectivity index (χ3v) is 5.56. The van der Waals surface area contributed by atoms with Crippen LogP contribution in [0.25, 0.3) is 0 Å². The van der Waals surface area contributed by atoms with Crippen molar-refractivity contribution in [3.05, 3.63) is 71.8 Å². The van der Waals surface area contributed by atoms with Crippen molar-refractivity contribution in [1.82, 2.24) is 14.7 Å². The second kappa shape index (κ2) is 7.82. The van der Waals surface area contributed by atoms with E-state index in [0.717, 1.165) is 37.1 Å². The SMILES string of the molecule is O=C(c1ccccc1)N1CCC(N2CCN(Cc3ccccc3)C2=O)CC1. The highest BCUT2D eigenvalue weighted by atomic mass is 16.2. The zero-order valence-electron chi connectivity index (χ0n) is 15.5. The van der Waals surface area contributed by atoms with Crippen LogP contribution in [0.2, 0.25) is 0 Å². The van der Waals surface area contributed by atoms with Gasteiger partial charge in [0, 0.05) is 44.3 Å². The fourth-order valence-electron chi connectivity index (χ4n) is 4.03. The number of rotatable bonds is 4. The Kier molecular flexibility index (Phi) is 5.10. The van der Waals surface area contributed by atoms with E-state index in [9.17, 15) is 9.59 Å². The number of nitrogens with zero attached hydrogens (tertiary/aromatic N) is 3. The molecule has 4 rings (SSSR count). The van der Waals surface area contributed by atoms with Gasteiger partial charge in [0.2, 0.25) is 0 Å². The third-order valence-electron chi connectivity index (χ3n) is 5.56. The Balaban J connectivity index is 1.32. The average Bonchev–Trinajstić information content (AvgIpc) is 3.09. The fraction of sp³-hybridized carbons (Fsp3) is 0.364. The molecule has 3 amide bonds. The molecule has 2 aromatic rings. The lowest BCUT2D eigenvalue weighted by Crippen LogP contribution is -2.48. The van der Waals surface area contributed by atoms with Crippen LogP contribution in [0.15, 0.2) is 60.7 Å². The molecule has 0 unspecified atom stereocenters. The van der Waals surface area contributed by atoms with E-state index in [1.807, 2.05) is 63.2 Å².